The molecule has 1 fully saturated rings. The molecule has 0 bridgehead atoms. The molecule has 1 atom stereocenters. The van der Waals surface area contributed by atoms with Crippen LogP contribution in [0.2, 0.25) is 0 Å². The molecular weight excluding hydrogens is 427 g/mol. The van der Waals surface area contributed by atoms with Gasteiger partial charge in [0.05, 0.1) is 29.6 Å². The van der Waals surface area contributed by atoms with Crippen LogP contribution in [0.15, 0.2) is 49.2 Å². The van der Waals surface area contributed by atoms with Crippen molar-refractivity contribution < 1.29 is 27.8 Å². The first-order valence-corrected chi connectivity index (χ1v) is 9.69. The molecule has 4 N–H and O–H groups in total. The fourth-order valence-electron chi connectivity index (χ4n) is 3.28. The number of hydrogen-bond acceptors (Lipinski definition) is 7. The van der Waals surface area contributed by atoms with Crippen LogP contribution in [0.5, 0.6) is 5.75 Å². The third-order valence-electron chi connectivity index (χ3n) is 4.71. The van der Waals surface area contributed by atoms with E-state index in [1.54, 1.807) is 6.07 Å². The van der Waals surface area contributed by atoms with Gasteiger partial charge in [-0.25, -0.2) is 4.98 Å². The molecule has 8 nitrogen and oxygen atoms in total. The van der Waals surface area contributed by atoms with E-state index >= 15 is 0 Å². The van der Waals surface area contributed by atoms with E-state index in [0.717, 1.165) is 18.2 Å². The van der Waals surface area contributed by atoms with Crippen LogP contribution >= 0.6 is 0 Å². The van der Waals surface area contributed by atoms with Crippen LogP contribution < -0.4 is 20.3 Å². The predicted octanol–water partition coefficient (Wildman–Crippen LogP) is 2.96. The highest BCUT2D eigenvalue weighted by molar-refractivity contribution is 6.10. The first-order valence-electron chi connectivity index (χ1n) is 9.69. The number of hydrogen-bond donors (Lipinski definition) is 4. The minimum absolute atomic E-state index is 0.0595. The number of nitrogens with zero attached hydrogens (tertiary/aromatic N) is 2. The molecule has 1 aliphatic heterocycles. The molecular formula is C21H22F3N5O3. The molecule has 1 aromatic carbocycles. The first kappa shape index (κ1) is 23.1. The summed E-state index contributed by atoms with van der Waals surface area (Å²) in [5.74, 6) is -0.520. The largest absolute Gasteiger partial charge is 0.573 e. The van der Waals surface area contributed by atoms with E-state index in [0.29, 0.717) is 36.4 Å². The fourth-order valence-corrected chi connectivity index (χ4v) is 3.28. The van der Waals surface area contributed by atoms with Crippen LogP contribution in [0.1, 0.15) is 12.0 Å². The van der Waals surface area contributed by atoms with E-state index in [1.807, 2.05) is 4.90 Å². The number of alkyl halides is 3. The summed E-state index contributed by atoms with van der Waals surface area (Å²) in [6.45, 7) is 4.25. The third kappa shape index (κ3) is 5.97. The maximum absolute atomic E-state index is 12.4. The number of rotatable bonds is 8. The quantitative estimate of drug-likeness (QED) is 0.364. The molecule has 1 amide bonds. The second-order valence-electron chi connectivity index (χ2n) is 7.04. The number of halogens is 3. The van der Waals surface area contributed by atoms with Crippen molar-refractivity contribution in [3.05, 3.63) is 54.7 Å². The van der Waals surface area contributed by atoms with Crippen LogP contribution in [0.25, 0.3) is 0 Å². The number of amides is 1. The summed E-state index contributed by atoms with van der Waals surface area (Å²) < 4.78 is 41.0. The molecule has 0 spiro atoms. The third-order valence-corrected chi connectivity index (χ3v) is 4.71. The number of aliphatic hydroxyl groups excluding tert-OH is 1. The zero-order chi connectivity index (χ0) is 23.3. The summed E-state index contributed by atoms with van der Waals surface area (Å²) in [5, 5.41) is 24.0. The van der Waals surface area contributed by atoms with E-state index in [-0.39, 0.29) is 23.8 Å². The standard InChI is InChI=1S/C21H22F3N5O3/c1-2-18(31)27-11-16(25)19-17(29-10-8-14(30)12-29)7-9-26-20(19)28-13-3-5-15(6-4-13)32-21(22,23)24/h2-7,9,14,25,30H,1,8,10-12H2,(H,26,28)(H,27,31)/t14-/m0/s1. The van der Waals surface area contributed by atoms with Crippen molar-refractivity contribution in [2.24, 2.45) is 0 Å². The molecule has 3 rings (SSSR count). The van der Waals surface area contributed by atoms with Gasteiger partial charge in [-0.1, -0.05) is 6.58 Å². The highest BCUT2D eigenvalue weighted by Gasteiger charge is 2.31. The number of nitrogens with one attached hydrogen (secondary N) is 3. The Hall–Kier alpha value is -3.60. The number of ether oxygens (including phenoxy) is 1. The van der Waals surface area contributed by atoms with E-state index in [4.69, 9.17) is 5.41 Å². The van der Waals surface area contributed by atoms with E-state index in [2.05, 4.69) is 26.9 Å². The van der Waals surface area contributed by atoms with Crippen LogP contribution in [0.4, 0.5) is 30.4 Å². The Morgan fingerprint density at radius 2 is 2.06 bits per heavy atom. The van der Waals surface area contributed by atoms with Crippen molar-refractivity contribution in [1.82, 2.24) is 10.3 Å². The number of benzene rings is 1. The number of aromatic nitrogens is 1. The Kier molecular flexibility index (Phi) is 6.98. The lowest BCUT2D eigenvalue weighted by Gasteiger charge is -2.24. The number of pyridine rings is 1. The van der Waals surface area contributed by atoms with Crippen molar-refractivity contribution in [2.75, 3.05) is 29.9 Å². The van der Waals surface area contributed by atoms with Gasteiger partial charge in [-0.05, 0) is 42.8 Å². The van der Waals surface area contributed by atoms with E-state index in [1.165, 1.54) is 18.3 Å². The summed E-state index contributed by atoms with van der Waals surface area (Å²) in [6.07, 6.45) is -2.08. The van der Waals surface area contributed by atoms with Gasteiger partial charge in [-0.15, -0.1) is 13.2 Å². The minimum atomic E-state index is -4.79. The van der Waals surface area contributed by atoms with Gasteiger partial charge in [0, 0.05) is 25.0 Å². The molecule has 1 saturated heterocycles. The monoisotopic (exact) mass is 449 g/mol. The molecule has 1 aromatic heterocycles. The highest BCUT2D eigenvalue weighted by atomic mass is 19.4. The summed E-state index contributed by atoms with van der Waals surface area (Å²) in [5.41, 5.74) is 1.54. The zero-order valence-corrected chi connectivity index (χ0v) is 16.9. The number of carbonyl (C=O) groups is 1. The van der Waals surface area contributed by atoms with E-state index < -0.39 is 18.4 Å². The Morgan fingerprint density at radius 3 is 2.66 bits per heavy atom. The van der Waals surface area contributed by atoms with Crippen LogP contribution in [0.3, 0.4) is 0 Å². The van der Waals surface area contributed by atoms with Crippen molar-refractivity contribution in [1.29, 1.82) is 5.41 Å². The maximum Gasteiger partial charge on any atom is 0.573 e. The van der Waals surface area contributed by atoms with Gasteiger partial charge in [0.2, 0.25) is 5.91 Å². The molecule has 32 heavy (non-hydrogen) atoms. The van der Waals surface area contributed by atoms with Crippen molar-refractivity contribution >= 4 is 28.8 Å². The summed E-state index contributed by atoms with van der Waals surface area (Å²) >= 11 is 0. The Labute approximate surface area is 182 Å². The van der Waals surface area contributed by atoms with Crippen LogP contribution in [-0.4, -0.2) is 53.8 Å². The van der Waals surface area contributed by atoms with Gasteiger partial charge in [-0.2, -0.15) is 0 Å². The Balaban J connectivity index is 1.89. The zero-order valence-electron chi connectivity index (χ0n) is 16.9. The highest BCUT2D eigenvalue weighted by Crippen LogP contribution is 2.31. The SMILES string of the molecule is C=CC(=O)NCC(=N)c1c(N2CC[C@H](O)C2)ccnc1Nc1ccc(OC(F)(F)F)cc1. The molecule has 0 aliphatic carbocycles. The number of aliphatic hydroxyl groups is 1. The van der Waals surface area contributed by atoms with Crippen molar-refractivity contribution in [3.63, 3.8) is 0 Å². The van der Waals surface area contributed by atoms with Gasteiger partial charge in [0.15, 0.2) is 0 Å². The lowest BCUT2D eigenvalue weighted by molar-refractivity contribution is -0.274. The van der Waals surface area contributed by atoms with Gasteiger partial charge in [0.25, 0.3) is 0 Å². The molecule has 11 heteroatoms. The van der Waals surface area contributed by atoms with Gasteiger partial charge in [-0.3, -0.25) is 4.79 Å². The van der Waals surface area contributed by atoms with Crippen LogP contribution in [-0.2, 0) is 4.79 Å². The summed E-state index contributed by atoms with van der Waals surface area (Å²) in [7, 11) is 0. The topological polar surface area (TPSA) is 111 Å². The second kappa shape index (κ2) is 9.69. The number of β-amino-alcohol motifs (C(OH)–C–C–N with tert-alkyl or cyclic N) is 1. The fraction of sp³-hybridized carbons (Fsp3) is 0.286. The number of carbonyl (C=O) groups excluding carboxylic acids is 1. The smallest absolute Gasteiger partial charge is 0.406 e. The van der Waals surface area contributed by atoms with Crippen molar-refractivity contribution in [3.8, 4) is 5.75 Å². The molecule has 0 unspecified atom stereocenters. The Bertz CT molecular complexity index is 995. The average molecular weight is 449 g/mol. The predicted molar refractivity (Wildman–Crippen MR) is 114 cm³/mol. The van der Waals surface area contributed by atoms with E-state index in [9.17, 15) is 23.1 Å². The van der Waals surface area contributed by atoms with Gasteiger partial charge >= 0.3 is 6.36 Å². The molecule has 1 aliphatic rings. The Morgan fingerprint density at radius 1 is 1.34 bits per heavy atom. The van der Waals surface area contributed by atoms with Crippen LogP contribution in [0, 0.1) is 5.41 Å². The molecule has 0 saturated carbocycles. The lowest BCUT2D eigenvalue weighted by atomic mass is 10.1. The maximum atomic E-state index is 12.4. The first-order chi connectivity index (χ1) is 15.2. The molecule has 170 valence electrons. The molecule has 0 radical (unpaired) electrons. The van der Waals surface area contributed by atoms with Crippen molar-refractivity contribution in [2.45, 2.75) is 18.9 Å². The van der Waals surface area contributed by atoms with Gasteiger partial charge < -0.3 is 30.8 Å². The summed E-state index contributed by atoms with van der Waals surface area (Å²) in [4.78, 5) is 17.7. The lowest BCUT2D eigenvalue weighted by Crippen LogP contribution is -2.30. The minimum Gasteiger partial charge on any atom is -0.406 e. The normalized spacial score (nSPS) is 15.9. The number of anilines is 3. The second-order valence-corrected chi connectivity index (χ2v) is 7.04. The van der Waals surface area contributed by atoms with Gasteiger partial charge in [0.1, 0.15) is 11.6 Å². The average Bonchev–Trinajstić information content (AvgIpc) is 3.18. The summed E-state index contributed by atoms with van der Waals surface area (Å²) in [6, 6.07) is 6.81. The molecule has 2 aromatic rings. The molecule has 2 heterocycles.